The van der Waals surface area contributed by atoms with Gasteiger partial charge in [0.2, 0.25) is 0 Å². The molecule has 0 aliphatic rings. The number of hydrogen-bond donors (Lipinski definition) is 1. The lowest BCUT2D eigenvalue weighted by Gasteiger charge is -2.15. The second kappa shape index (κ2) is 7.76. The summed E-state index contributed by atoms with van der Waals surface area (Å²) in [7, 11) is 0. The van der Waals surface area contributed by atoms with Gasteiger partial charge in [-0.25, -0.2) is 4.39 Å². The predicted octanol–water partition coefficient (Wildman–Crippen LogP) is 4.89. The Kier molecular flexibility index (Phi) is 6.00. The van der Waals surface area contributed by atoms with Gasteiger partial charge >= 0.3 is 0 Å². The molecule has 0 spiro atoms. The molecule has 21 heavy (non-hydrogen) atoms. The summed E-state index contributed by atoms with van der Waals surface area (Å²) in [6.07, 6.45) is 6.49. The average molecular weight is 353 g/mol. The van der Waals surface area contributed by atoms with Gasteiger partial charge in [-0.3, -0.25) is 0 Å². The predicted molar refractivity (Wildman–Crippen MR) is 89.0 cm³/mol. The van der Waals surface area contributed by atoms with Gasteiger partial charge in [-0.1, -0.05) is 32.4 Å². The smallest absolute Gasteiger partial charge is 0.137 e. The molecule has 1 N–H and O–H groups in total. The third-order valence-electron chi connectivity index (χ3n) is 3.59. The van der Waals surface area contributed by atoms with Crippen LogP contribution in [0, 0.1) is 5.82 Å². The summed E-state index contributed by atoms with van der Waals surface area (Å²) in [6, 6.07) is 7.71. The molecule has 0 radical (unpaired) electrons. The van der Waals surface area contributed by atoms with Crippen molar-refractivity contribution in [2.75, 3.05) is 6.54 Å². The molecule has 2 aromatic rings. The van der Waals surface area contributed by atoms with Gasteiger partial charge in [-0.15, -0.1) is 0 Å². The highest BCUT2D eigenvalue weighted by molar-refractivity contribution is 9.10. The molecular formula is C17H22BrFN2. The maximum Gasteiger partial charge on any atom is 0.137 e. The third kappa shape index (κ3) is 4.17. The third-order valence-corrected chi connectivity index (χ3v) is 4.48. The minimum absolute atomic E-state index is 0.212. The fraction of sp³-hybridized carbons (Fsp3) is 0.412. The highest BCUT2D eigenvalue weighted by atomic mass is 79.9. The lowest BCUT2D eigenvalue weighted by molar-refractivity contribution is 0.508. The Morgan fingerprint density at radius 3 is 2.81 bits per heavy atom. The molecule has 0 aliphatic carbocycles. The van der Waals surface area contributed by atoms with Crippen molar-refractivity contribution in [3.05, 3.63) is 58.1 Å². The highest BCUT2D eigenvalue weighted by Gasteiger charge is 2.11. The zero-order chi connectivity index (χ0) is 15.2. The standard InChI is InChI=1S/C17H22BrFN2/c1-3-6-16(20-4-2)13-9-10-21(11-13)12-14-7-5-8-15(19)17(14)18/h5,7-11,16,20H,3-4,6,12H2,1-2H3. The van der Waals surface area contributed by atoms with Crippen LogP contribution in [0.15, 0.2) is 41.1 Å². The molecule has 0 saturated carbocycles. The number of nitrogens with one attached hydrogen (secondary N) is 1. The molecule has 0 fully saturated rings. The van der Waals surface area contributed by atoms with Crippen molar-refractivity contribution in [1.29, 1.82) is 0 Å². The zero-order valence-corrected chi connectivity index (χ0v) is 14.2. The van der Waals surface area contributed by atoms with Crippen LogP contribution in [-0.4, -0.2) is 11.1 Å². The normalized spacial score (nSPS) is 12.6. The second-order valence-electron chi connectivity index (χ2n) is 5.23. The first-order valence-electron chi connectivity index (χ1n) is 7.47. The van der Waals surface area contributed by atoms with E-state index in [1.54, 1.807) is 6.07 Å². The first-order valence-corrected chi connectivity index (χ1v) is 8.27. The Balaban J connectivity index is 2.14. The highest BCUT2D eigenvalue weighted by Crippen LogP contribution is 2.23. The fourth-order valence-corrected chi connectivity index (χ4v) is 2.94. The number of aromatic nitrogens is 1. The summed E-state index contributed by atoms with van der Waals surface area (Å²) >= 11 is 3.32. The largest absolute Gasteiger partial charge is 0.350 e. The van der Waals surface area contributed by atoms with E-state index in [9.17, 15) is 4.39 Å². The molecule has 2 rings (SSSR count). The topological polar surface area (TPSA) is 17.0 Å². The maximum absolute atomic E-state index is 13.6. The number of nitrogens with zero attached hydrogens (tertiary/aromatic N) is 1. The molecule has 0 saturated heterocycles. The Morgan fingerprint density at radius 2 is 2.10 bits per heavy atom. The van der Waals surface area contributed by atoms with Crippen molar-refractivity contribution in [1.82, 2.24) is 9.88 Å². The van der Waals surface area contributed by atoms with Crippen molar-refractivity contribution in [2.24, 2.45) is 0 Å². The maximum atomic E-state index is 13.6. The van der Waals surface area contributed by atoms with Crippen molar-refractivity contribution in [3.8, 4) is 0 Å². The Morgan fingerprint density at radius 1 is 1.29 bits per heavy atom. The summed E-state index contributed by atoms with van der Waals surface area (Å²) in [5.41, 5.74) is 2.25. The van der Waals surface area contributed by atoms with Crippen molar-refractivity contribution < 1.29 is 4.39 Å². The summed E-state index contributed by atoms with van der Waals surface area (Å²) in [5.74, 6) is -0.212. The van der Waals surface area contributed by atoms with Crippen LogP contribution < -0.4 is 5.32 Å². The lowest BCUT2D eigenvalue weighted by Crippen LogP contribution is -2.20. The lowest BCUT2D eigenvalue weighted by atomic mass is 10.1. The quantitative estimate of drug-likeness (QED) is 0.750. The molecule has 2 nitrogen and oxygen atoms in total. The van der Waals surface area contributed by atoms with Crippen molar-refractivity contribution >= 4 is 15.9 Å². The summed E-state index contributed by atoms with van der Waals surface area (Å²) in [4.78, 5) is 0. The number of hydrogen-bond acceptors (Lipinski definition) is 1. The number of rotatable bonds is 7. The van der Waals surface area contributed by atoms with E-state index in [1.165, 1.54) is 11.6 Å². The van der Waals surface area contributed by atoms with Crippen LogP contribution in [0.4, 0.5) is 4.39 Å². The molecule has 1 heterocycles. The number of halogens is 2. The van der Waals surface area contributed by atoms with Crippen LogP contribution in [0.2, 0.25) is 0 Å². The van der Waals surface area contributed by atoms with E-state index in [0.717, 1.165) is 24.9 Å². The Labute approximate surface area is 134 Å². The van der Waals surface area contributed by atoms with Crippen LogP contribution in [0.3, 0.4) is 0 Å². The Hall–Kier alpha value is -1.13. The molecule has 1 aromatic carbocycles. The molecule has 1 aromatic heterocycles. The molecule has 0 aliphatic heterocycles. The van der Waals surface area contributed by atoms with Crippen LogP contribution in [0.5, 0.6) is 0 Å². The van der Waals surface area contributed by atoms with Gasteiger partial charge in [0.05, 0.1) is 4.47 Å². The van der Waals surface area contributed by atoms with Gasteiger partial charge < -0.3 is 9.88 Å². The summed E-state index contributed by atoms with van der Waals surface area (Å²) in [6.45, 7) is 5.96. The van der Waals surface area contributed by atoms with Gasteiger partial charge in [0.25, 0.3) is 0 Å². The van der Waals surface area contributed by atoms with E-state index in [1.807, 2.05) is 6.07 Å². The van der Waals surface area contributed by atoms with Crippen molar-refractivity contribution in [3.63, 3.8) is 0 Å². The van der Waals surface area contributed by atoms with Gasteiger partial charge in [-0.05, 0) is 52.2 Å². The van der Waals surface area contributed by atoms with E-state index in [4.69, 9.17) is 0 Å². The monoisotopic (exact) mass is 352 g/mol. The molecule has 1 unspecified atom stereocenters. The first-order chi connectivity index (χ1) is 10.2. The SMILES string of the molecule is CCCC(NCC)c1ccn(Cc2cccc(F)c2Br)c1. The van der Waals surface area contributed by atoms with Crippen LogP contribution in [0.1, 0.15) is 43.9 Å². The minimum Gasteiger partial charge on any atom is -0.350 e. The zero-order valence-electron chi connectivity index (χ0n) is 12.6. The van der Waals surface area contributed by atoms with E-state index in [2.05, 4.69) is 58.1 Å². The molecule has 0 bridgehead atoms. The van der Waals surface area contributed by atoms with E-state index >= 15 is 0 Å². The van der Waals surface area contributed by atoms with Crippen molar-refractivity contribution in [2.45, 2.75) is 39.3 Å². The Bertz CT molecular complexity index is 574. The second-order valence-corrected chi connectivity index (χ2v) is 6.02. The van der Waals surface area contributed by atoms with Gasteiger partial charge in [0.15, 0.2) is 0 Å². The van der Waals surface area contributed by atoms with E-state index in [-0.39, 0.29) is 5.82 Å². The van der Waals surface area contributed by atoms with Crippen LogP contribution in [0.25, 0.3) is 0 Å². The fourth-order valence-electron chi connectivity index (χ4n) is 2.55. The van der Waals surface area contributed by atoms with E-state index < -0.39 is 0 Å². The van der Waals surface area contributed by atoms with Crippen LogP contribution in [-0.2, 0) is 6.54 Å². The first kappa shape index (κ1) is 16.2. The van der Waals surface area contributed by atoms with Gasteiger partial charge in [0, 0.05) is 25.0 Å². The number of benzene rings is 1. The molecule has 4 heteroatoms. The summed E-state index contributed by atoms with van der Waals surface area (Å²) in [5, 5.41) is 3.51. The van der Waals surface area contributed by atoms with Crippen LogP contribution >= 0.6 is 15.9 Å². The molecular weight excluding hydrogens is 331 g/mol. The van der Waals surface area contributed by atoms with Gasteiger partial charge in [0.1, 0.15) is 5.82 Å². The average Bonchev–Trinajstić information content (AvgIpc) is 2.92. The van der Waals surface area contributed by atoms with E-state index in [0.29, 0.717) is 17.1 Å². The molecule has 114 valence electrons. The summed E-state index contributed by atoms with van der Waals surface area (Å²) < 4.78 is 16.2. The molecule has 1 atom stereocenters. The minimum atomic E-state index is -0.212. The molecule has 0 amide bonds. The van der Waals surface area contributed by atoms with Gasteiger partial charge in [-0.2, -0.15) is 0 Å².